The first kappa shape index (κ1) is 19.4. The molecule has 2 aliphatic rings. The fraction of sp³-hybridized carbons (Fsp3) is 0.650. The van der Waals surface area contributed by atoms with Crippen molar-refractivity contribution in [1.29, 1.82) is 0 Å². The molecule has 1 N–H and O–H groups in total. The summed E-state index contributed by atoms with van der Waals surface area (Å²) in [6, 6.07) is 8.74. The second-order valence-electron chi connectivity index (χ2n) is 7.22. The van der Waals surface area contributed by atoms with Crippen LogP contribution in [-0.2, 0) is 11.3 Å². The van der Waals surface area contributed by atoms with Crippen molar-refractivity contribution in [2.24, 2.45) is 0 Å². The van der Waals surface area contributed by atoms with Gasteiger partial charge in [-0.1, -0.05) is 18.2 Å². The Kier molecular flexibility index (Phi) is 7.53. The van der Waals surface area contributed by atoms with E-state index in [2.05, 4.69) is 51.3 Å². The molecule has 0 aliphatic carbocycles. The average molecular weight is 377 g/mol. The molecule has 0 amide bonds. The van der Waals surface area contributed by atoms with Crippen LogP contribution in [0.4, 0.5) is 5.69 Å². The van der Waals surface area contributed by atoms with E-state index in [1.54, 1.807) is 0 Å². The number of benzene rings is 1. The smallest absolute Gasteiger partial charge is 0.168 e. The van der Waals surface area contributed by atoms with E-state index < -0.39 is 0 Å². The highest BCUT2D eigenvalue weighted by atomic mass is 32.1. The van der Waals surface area contributed by atoms with Crippen molar-refractivity contribution in [3.05, 3.63) is 29.8 Å². The van der Waals surface area contributed by atoms with Crippen molar-refractivity contribution in [3.63, 3.8) is 0 Å². The first-order valence-corrected chi connectivity index (χ1v) is 10.3. The first-order valence-electron chi connectivity index (χ1n) is 9.86. The lowest BCUT2D eigenvalue weighted by molar-refractivity contribution is 0.0376. The van der Waals surface area contributed by atoms with Crippen LogP contribution in [0.5, 0.6) is 0 Å². The standard InChI is InChI=1S/C20H32N4OS/c1-22(20(26)21-9-6-10-23-13-15-25-16-14-23)17-18-7-2-3-8-19(18)24-11-4-5-12-24/h2-3,7-8H,4-6,9-17H2,1H3,(H,21,26). The summed E-state index contributed by atoms with van der Waals surface area (Å²) in [5.41, 5.74) is 2.72. The van der Waals surface area contributed by atoms with E-state index in [-0.39, 0.29) is 0 Å². The number of nitrogens with one attached hydrogen (secondary N) is 1. The molecule has 2 fully saturated rings. The molecule has 0 atom stereocenters. The van der Waals surface area contributed by atoms with E-state index in [0.29, 0.717) is 0 Å². The third-order valence-corrected chi connectivity index (χ3v) is 5.68. The van der Waals surface area contributed by atoms with Crippen molar-refractivity contribution >= 4 is 23.0 Å². The molecule has 144 valence electrons. The normalized spacial score (nSPS) is 18.1. The minimum absolute atomic E-state index is 0.836. The Labute approximate surface area is 163 Å². The molecule has 0 spiro atoms. The van der Waals surface area contributed by atoms with E-state index in [1.165, 1.54) is 37.2 Å². The quantitative estimate of drug-likeness (QED) is 0.581. The maximum Gasteiger partial charge on any atom is 0.168 e. The summed E-state index contributed by atoms with van der Waals surface area (Å²) in [6.07, 6.45) is 3.71. The van der Waals surface area contributed by atoms with Gasteiger partial charge in [0.25, 0.3) is 0 Å². The summed E-state index contributed by atoms with van der Waals surface area (Å²) in [4.78, 5) is 7.12. The summed E-state index contributed by atoms with van der Waals surface area (Å²) in [5.74, 6) is 0. The second-order valence-corrected chi connectivity index (χ2v) is 7.61. The number of rotatable bonds is 7. The van der Waals surface area contributed by atoms with Crippen molar-refractivity contribution in [2.75, 3.05) is 64.4 Å². The van der Waals surface area contributed by atoms with E-state index >= 15 is 0 Å². The van der Waals surface area contributed by atoms with Gasteiger partial charge >= 0.3 is 0 Å². The van der Waals surface area contributed by atoms with Gasteiger partial charge < -0.3 is 19.9 Å². The lowest BCUT2D eigenvalue weighted by Gasteiger charge is -2.27. The zero-order chi connectivity index (χ0) is 18.2. The van der Waals surface area contributed by atoms with Crippen LogP contribution in [0.15, 0.2) is 24.3 Å². The molecule has 0 unspecified atom stereocenters. The molecule has 2 heterocycles. The molecular weight excluding hydrogens is 344 g/mol. The van der Waals surface area contributed by atoms with E-state index in [4.69, 9.17) is 17.0 Å². The number of nitrogens with zero attached hydrogens (tertiary/aromatic N) is 3. The van der Waals surface area contributed by atoms with Crippen molar-refractivity contribution < 1.29 is 4.74 Å². The predicted octanol–water partition coefficient (Wildman–Crippen LogP) is 2.32. The maximum atomic E-state index is 5.59. The van der Waals surface area contributed by atoms with Crippen LogP contribution in [0.2, 0.25) is 0 Å². The minimum Gasteiger partial charge on any atom is -0.379 e. The number of morpholine rings is 1. The highest BCUT2D eigenvalue weighted by Crippen LogP contribution is 2.25. The van der Waals surface area contributed by atoms with Crippen LogP contribution < -0.4 is 10.2 Å². The molecule has 3 rings (SSSR count). The maximum absolute atomic E-state index is 5.59. The van der Waals surface area contributed by atoms with Gasteiger partial charge in [0.05, 0.1) is 13.2 Å². The summed E-state index contributed by atoms with van der Waals surface area (Å²) >= 11 is 5.59. The number of thiocarbonyl (C=S) groups is 1. The molecule has 2 aliphatic heterocycles. The number of hydrogen-bond acceptors (Lipinski definition) is 4. The van der Waals surface area contributed by atoms with Gasteiger partial charge in [-0.05, 0) is 49.7 Å². The molecule has 0 aromatic heterocycles. The summed E-state index contributed by atoms with van der Waals surface area (Å²) in [6.45, 7) is 9.07. The second kappa shape index (κ2) is 10.1. The number of anilines is 1. The topological polar surface area (TPSA) is 31.0 Å². The third-order valence-electron chi connectivity index (χ3n) is 5.22. The zero-order valence-corrected chi connectivity index (χ0v) is 16.8. The molecule has 0 radical (unpaired) electrons. The number of para-hydroxylation sites is 1. The van der Waals surface area contributed by atoms with E-state index in [0.717, 1.165) is 57.5 Å². The van der Waals surface area contributed by atoms with E-state index in [9.17, 15) is 0 Å². The van der Waals surface area contributed by atoms with Gasteiger partial charge in [0, 0.05) is 52.0 Å². The Morgan fingerprint density at radius 2 is 1.88 bits per heavy atom. The molecule has 6 heteroatoms. The van der Waals surface area contributed by atoms with Crippen LogP contribution in [0.3, 0.4) is 0 Å². The molecule has 5 nitrogen and oxygen atoms in total. The fourth-order valence-electron chi connectivity index (χ4n) is 3.70. The van der Waals surface area contributed by atoms with Gasteiger partial charge in [-0.25, -0.2) is 0 Å². The molecule has 1 aromatic carbocycles. The predicted molar refractivity (Wildman–Crippen MR) is 112 cm³/mol. The van der Waals surface area contributed by atoms with Gasteiger partial charge in [-0.15, -0.1) is 0 Å². The van der Waals surface area contributed by atoms with Crippen LogP contribution in [-0.4, -0.2) is 74.4 Å². The highest BCUT2D eigenvalue weighted by Gasteiger charge is 2.16. The monoisotopic (exact) mass is 376 g/mol. The number of ether oxygens (including phenoxy) is 1. The third kappa shape index (κ3) is 5.56. The Morgan fingerprint density at radius 3 is 2.65 bits per heavy atom. The fourth-order valence-corrected chi connectivity index (χ4v) is 3.86. The first-order chi connectivity index (χ1) is 12.7. The number of hydrogen-bond donors (Lipinski definition) is 1. The average Bonchev–Trinajstić information content (AvgIpc) is 3.21. The molecule has 0 bridgehead atoms. The Balaban J connectivity index is 1.42. The zero-order valence-electron chi connectivity index (χ0n) is 16.0. The molecule has 26 heavy (non-hydrogen) atoms. The van der Waals surface area contributed by atoms with Gasteiger partial charge in [0.1, 0.15) is 0 Å². The lowest BCUT2D eigenvalue weighted by Crippen LogP contribution is -2.40. The Bertz CT molecular complexity index is 571. The minimum atomic E-state index is 0.836. The van der Waals surface area contributed by atoms with Gasteiger partial charge in [-0.3, -0.25) is 4.90 Å². The SMILES string of the molecule is CN(Cc1ccccc1N1CCCC1)C(=S)NCCCN1CCOCC1. The largest absolute Gasteiger partial charge is 0.379 e. The van der Waals surface area contributed by atoms with Gasteiger partial charge in [0.15, 0.2) is 5.11 Å². The van der Waals surface area contributed by atoms with Crippen LogP contribution in [0, 0.1) is 0 Å². The molecular formula is C20H32N4OS. The summed E-state index contributed by atoms with van der Waals surface area (Å²) < 4.78 is 5.39. The van der Waals surface area contributed by atoms with E-state index in [1.807, 2.05) is 0 Å². The molecule has 0 saturated carbocycles. The van der Waals surface area contributed by atoms with Crippen LogP contribution >= 0.6 is 12.2 Å². The van der Waals surface area contributed by atoms with Gasteiger partial charge in [0.2, 0.25) is 0 Å². The molecule has 1 aromatic rings. The van der Waals surface area contributed by atoms with Crippen molar-refractivity contribution in [3.8, 4) is 0 Å². The van der Waals surface area contributed by atoms with Crippen LogP contribution in [0.25, 0.3) is 0 Å². The Morgan fingerprint density at radius 1 is 1.15 bits per heavy atom. The lowest BCUT2D eigenvalue weighted by atomic mass is 10.1. The van der Waals surface area contributed by atoms with Crippen LogP contribution in [0.1, 0.15) is 24.8 Å². The molecule has 2 saturated heterocycles. The highest BCUT2D eigenvalue weighted by molar-refractivity contribution is 7.80. The van der Waals surface area contributed by atoms with Crippen molar-refractivity contribution in [1.82, 2.24) is 15.1 Å². The summed E-state index contributed by atoms with van der Waals surface area (Å²) in [7, 11) is 2.08. The Hall–Kier alpha value is -1.37. The van der Waals surface area contributed by atoms with Gasteiger partial charge in [-0.2, -0.15) is 0 Å². The van der Waals surface area contributed by atoms with Crippen molar-refractivity contribution in [2.45, 2.75) is 25.8 Å². The summed E-state index contributed by atoms with van der Waals surface area (Å²) in [5, 5.41) is 4.25.